The number of aryl methyl sites for hydroxylation is 2. The van der Waals surface area contributed by atoms with Gasteiger partial charge in [-0.2, -0.15) is 0 Å². The lowest BCUT2D eigenvalue weighted by Crippen LogP contribution is -2.53. The quantitative estimate of drug-likeness (QED) is 0.894. The molecule has 0 aliphatic carbocycles. The SMILES string of the molecule is Cc1ccc(N2C[C@H](NC(=O)N3C[C@@H](C)O[C@@H](C)C3)CC2=O)cc1C. The molecule has 3 atom stereocenters. The molecule has 6 nitrogen and oxygen atoms in total. The van der Waals surface area contributed by atoms with Gasteiger partial charge in [-0.15, -0.1) is 0 Å². The largest absolute Gasteiger partial charge is 0.372 e. The topological polar surface area (TPSA) is 61.9 Å². The van der Waals surface area contributed by atoms with Crippen molar-refractivity contribution in [2.24, 2.45) is 0 Å². The second-order valence-corrected chi connectivity index (χ2v) is 7.29. The highest BCUT2D eigenvalue weighted by Crippen LogP contribution is 2.24. The maximum atomic E-state index is 12.5. The molecule has 1 aromatic rings. The summed E-state index contributed by atoms with van der Waals surface area (Å²) in [6, 6.07) is 5.76. The highest BCUT2D eigenvalue weighted by atomic mass is 16.5. The van der Waals surface area contributed by atoms with E-state index < -0.39 is 0 Å². The first-order chi connectivity index (χ1) is 11.8. The van der Waals surface area contributed by atoms with E-state index in [0.29, 0.717) is 26.1 Å². The predicted molar refractivity (Wildman–Crippen MR) is 96.8 cm³/mol. The number of carbonyl (C=O) groups is 2. The zero-order valence-electron chi connectivity index (χ0n) is 15.4. The fraction of sp³-hybridized carbons (Fsp3) is 0.579. The summed E-state index contributed by atoms with van der Waals surface area (Å²) in [5, 5.41) is 3.01. The van der Waals surface area contributed by atoms with Gasteiger partial charge in [-0.25, -0.2) is 4.79 Å². The third-order valence-corrected chi connectivity index (χ3v) is 4.96. The first-order valence-electron chi connectivity index (χ1n) is 8.92. The number of nitrogens with zero attached hydrogens (tertiary/aromatic N) is 2. The summed E-state index contributed by atoms with van der Waals surface area (Å²) in [6.07, 6.45) is 0.409. The van der Waals surface area contributed by atoms with Crippen LogP contribution < -0.4 is 10.2 Å². The maximum Gasteiger partial charge on any atom is 0.317 e. The van der Waals surface area contributed by atoms with Gasteiger partial charge in [0.2, 0.25) is 5.91 Å². The third kappa shape index (κ3) is 3.95. The minimum absolute atomic E-state index is 0.0340. The molecule has 1 aromatic carbocycles. The fourth-order valence-electron chi connectivity index (χ4n) is 3.56. The Morgan fingerprint density at radius 1 is 1.12 bits per heavy atom. The van der Waals surface area contributed by atoms with E-state index in [0.717, 1.165) is 11.3 Å². The Morgan fingerprint density at radius 2 is 1.80 bits per heavy atom. The van der Waals surface area contributed by atoms with Crippen molar-refractivity contribution in [1.29, 1.82) is 0 Å². The number of benzene rings is 1. The van der Waals surface area contributed by atoms with Crippen molar-refractivity contribution < 1.29 is 14.3 Å². The molecule has 0 saturated carbocycles. The number of morpholine rings is 1. The lowest BCUT2D eigenvalue weighted by Gasteiger charge is -2.35. The van der Waals surface area contributed by atoms with Crippen LogP contribution in [0.2, 0.25) is 0 Å². The van der Waals surface area contributed by atoms with E-state index in [9.17, 15) is 9.59 Å². The van der Waals surface area contributed by atoms with Crippen LogP contribution in [0.3, 0.4) is 0 Å². The summed E-state index contributed by atoms with van der Waals surface area (Å²) < 4.78 is 5.67. The first kappa shape index (κ1) is 17.7. The van der Waals surface area contributed by atoms with E-state index in [1.807, 2.05) is 39.0 Å². The number of urea groups is 1. The van der Waals surface area contributed by atoms with Gasteiger partial charge in [-0.1, -0.05) is 6.07 Å². The molecule has 1 N–H and O–H groups in total. The highest BCUT2D eigenvalue weighted by molar-refractivity contribution is 5.97. The van der Waals surface area contributed by atoms with Crippen LogP contribution in [0.25, 0.3) is 0 Å². The van der Waals surface area contributed by atoms with Crippen molar-refractivity contribution in [2.45, 2.75) is 52.4 Å². The van der Waals surface area contributed by atoms with Gasteiger partial charge in [0.25, 0.3) is 0 Å². The Labute approximate surface area is 149 Å². The van der Waals surface area contributed by atoms with Gasteiger partial charge in [0.1, 0.15) is 0 Å². The number of rotatable bonds is 2. The molecule has 3 rings (SSSR count). The van der Waals surface area contributed by atoms with E-state index in [-0.39, 0.29) is 30.2 Å². The molecule has 25 heavy (non-hydrogen) atoms. The molecule has 2 aliphatic rings. The van der Waals surface area contributed by atoms with Crippen LogP contribution in [0.15, 0.2) is 18.2 Å². The number of ether oxygens (including phenoxy) is 1. The number of carbonyl (C=O) groups excluding carboxylic acids is 2. The predicted octanol–water partition coefficient (Wildman–Crippen LogP) is 2.23. The van der Waals surface area contributed by atoms with E-state index in [1.165, 1.54) is 5.56 Å². The van der Waals surface area contributed by atoms with Crippen LogP contribution in [0.1, 0.15) is 31.4 Å². The minimum atomic E-state index is -0.157. The second-order valence-electron chi connectivity index (χ2n) is 7.29. The van der Waals surface area contributed by atoms with Crippen molar-refractivity contribution in [3.05, 3.63) is 29.3 Å². The van der Waals surface area contributed by atoms with Gasteiger partial charge in [0, 0.05) is 31.7 Å². The Bertz CT molecular complexity index is 666. The molecule has 0 spiro atoms. The number of hydrogen-bond acceptors (Lipinski definition) is 3. The molecule has 2 saturated heterocycles. The van der Waals surface area contributed by atoms with E-state index >= 15 is 0 Å². The van der Waals surface area contributed by atoms with Crippen LogP contribution in [-0.4, -0.2) is 54.7 Å². The number of anilines is 1. The summed E-state index contributed by atoms with van der Waals surface area (Å²) in [5.41, 5.74) is 3.27. The standard InChI is InChI=1S/C19H27N3O3/c1-12-5-6-17(7-13(12)2)22-11-16(8-18(22)23)20-19(24)21-9-14(3)25-15(4)10-21/h5-7,14-16H,8-11H2,1-4H3,(H,20,24)/t14-,15+,16-/m1/s1. The number of amides is 3. The smallest absolute Gasteiger partial charge is 0.317 e. The molecular formula is C19H27N3O3. The van der Waals surface area contributed by atoms with Gasteiger partial charge >= 0.3 is 6.03 Å². The molecule has 0 bridgehead atoms. The zero-order chi connectivity index (χ0) is 18.1. The lowest BCUT2D eigenvalue weighted by atomic mass is 10.1. The third-order valence-electron chi connectivity index (χ3n) is 4.96. The molecule has 2 heterocycles. The Hall–Kier alpha value is -2.08. The first-order valence-corrected chi connectivity index (χ1v) is 8.92. The molecular weight excluding hydrogens is 318 g/mol. The normalized spacial score (nSPS) is 26.9. The Balaban J connectivity index is 1.62. The van der Waals surface area contributed by atoms with Gasteiger partial charge in [-0.05, 0) is 51.0 Å². The summed E-state index contributed by atoms with van der Waals surface area (Å²) >= 11 is 0. The summed E-state index contributed by atoms with van der Waals surface area (Å²) in [7, 11) is 0. The van der Waals surface area contributed by atoms with Crippen molar-refractivity contribution >= 4 is 17.6 Å². The van der Waals surface area contributed by atoms with Crippen LogP contribution in [0.4, 0.5) is 10.5 Å². The van der Waals surface area contributed by atoms with Crippen LogP contribution in [-0.2, 0) is 9.53 Å². The molecule has 2 fully saturated rings. The van der Waals surface area contributed by atoms with Gasteiger partial charge in [0.15, 0.2) is 0 Å². The molecule has 0 unspecified atom stereocenters. The van der Waals surface area contributed by atoms with Crippen molar-refractivity contribution in [1.82, 2.24) is 10.2 Å². The molecule has 2 aliphatic heterocycles. The maximum absolute atomic E-state index is 12.5. The van der Waals surface area contributed by atoms with E-state index in [4.69, 9.17) is 4.74 Å². The average molecular weight is 345 g/mol. The molecule has 3 amide bonds. The number of hydrogen-bond donors (Lipinski definition) is 1. The monoisotopic (exact) mass is 345 g/mol. The van der Waals surface area contributed by atoms with E-state index in [1.54, 1.807) is 9.80 Å². The van der Waals surface area contributed by atoms with Crippen molar-refractivity contribution in [3.63, 3.8) is 0 Å². The molecule has 0 aromatic heterocycles. The van der Waals surface area contributed by atoms with Crippen molar-refractivity contribution in [2.75, 3.05) is 24.5 Å². The second kappa shape index (κ2) is 7.04. The van der Waals surface area contributed by atoms with Gasteiger partial charge in [0.05, 0.1) is 18.2 Å². The molecule has 136 valence electrons. The van der Waals surface area contributed by atoms with Crippen LogP contribution >= 0.6 is 0 Å². The Morgan fingerprint density at radius 3 is 2.44 bits per heavy atom. The van der Waals surface area contributed by atoms with Crippen LogP contribution in [0.5, 0.6) is 0 Å². The lowest BCUT2D eigenvalue weighted by molar-refractivity contribution is -0.117. The average Bonchev–Trinajstić information content (AvgIpc) is 2.89. The summed E-state index contributed by atoms with van der Waals surface area (Å²) in [5.74, 6) is 0.0530. The summed E-state index contributed by atoms with van der Waals surface area (Å²) in [6.45, 7) is 9.71. The minimum Gasteiger partial charge on any atom is -0.372 e. The molecule has 0 radical (unpaired) electrons. The van der Waals surface area contributed by atoms with Crippen molar-refractivity contribution in [3.8, 4) is 0 Å². The fourth-order valence-corrected chi connectivity index (χ4v) is 3.56. The zero-order valence-corrected chi connectivity index (χ0v) is 15.4. The van der Waals surface area contributed by atoms with Crippen LogP contribution in [0, 0.1) is 13.8 Å². The number of nitrogens with one attached hydrogen (secondary N) is 1. The van der Waals surface area contributed by atoms with Gasteiger partial charge in [-0.3, -0.25) is 4.79 Å². The molecule has 6 heteroatoms. The van der Waals surface area contributed by atoms with Gasteiger partial charge < -0.3 is 19.9 Å². The highest BCUT2D eigenvalue weighted by Gasteiger charge is 2.34. The van der Waals surface area contributed by atoms with E-state index in [2.05, 4.69) is 12.2 Å². The summed E-state index contributed by atoms with van der Waals surface area (Å²) in [4.78, 5) is 28.5. The Kier molecular flexibility index (Phi) is 4.99.